The number of H-pyrrole nitrogens is 1. The van der Waals surface area contributed by atoms with Crippen molar-refractivity contribution in [3.05, 3.63) is 30.0 Å². The fraction of sp³-hybridized carbons (Fsp3) is 0.400. The summed E-state index contributed by atoms with van der Waals surface area (Å²) in [6, 6.07) is 6.02. The van der Waals surface area contributed by atoms with Crippen molar-refractivity contribution in [2.45, 2.75) is 25.2 Å². The predicted octanol–water partition coefficient (Wildman–Crippen LogP) is 3.14. The van der Waals surface area contributed by atoms with Gasteiger partial charge in [-0.2, -0.15) is 0 Å². The van der Waals surface area contributed by atoms with Gasteiger partial charge < -0.3 is 14.8 Å². The number of benzene rings is 1. The minimum atomic E-state index is -0.745. The van der Waals surface area contributed by atoms with E-state index in [2.05, 4.69) is 4.98 Å². The molecule has 1 aliphatic rings. The standard InChI is InChI=1S/C15H17NO3/c1-19-14-6-10-4-5-16-13(10)7-12(14)11(8-15(17)18)9-2-3-9/h4-7,9,11,16H,2-3,8H2,1H3,(H,17,18). The van der Waals surface area contributed by atoms with Crippen LogP contribution in [0.3, 0.4) is 0 Å². The lowest BCUT2D eigenvalue weighted by molar-refractivity contribution is -0.137. The molecule has 4 heteroatoms. The fourth-order valence-electron chi connectivity index (χ4n) is 2.78. The van der Waals surface area contributed by atoms with Crippen molar-refractivity contribution in [2.24, 2.45) is 5.92 Å². The number of aromatic nitrogens is 1. The van der Waals surface area contributed by atoms with E-state index in [0.29, 0.717) is 5.92 Å². The Kier molecular flexibility index (Phi) is 2.93. The van der Waals surface area contributed by atoms with E-state index >= 15 is 0 Å². The van der Waals surface area contributed by atoms with Crippen LogP contribution < -0.4 is 4.74 Å². The molecule has 1 aromatic heterocycles. The highest BCUT2D eigenvalue weighted by Crippen LogP contribution is 2.47. The number of hydrogen-bond donors (Lipinski definition) is 2. The summed E-state index contributed by atoms with van der Waals surface area (Å²) in [6.45, 7) is 0. The Bertz CT molecular complexity index is 613. The Labute approximate surface area is 111 Å². The molecule has 2 aromatic rings. The van der Waals surface area contributed by atoms with E-state index in [0.717, 1.165) is 35.1 Å². The first-order chi connectivity index (χ1) is 9.19. The summed E-state index contributed by atoms with van der Waals surface area (Å²) in [7, 11) is 1.64. The molecule has 1 aliphatic carbocycles. The summed E-state index contributed by atoms with van der Waals surface area (Å²) in [5.74, 6) is 0.591. The normalized spacial score (nSPS) is 16.5. The van der Waals surface area contributed by atoms with Crippen LogP contribution in [0.4, 0.5) is 0 Å². The highest BCUT2D eigenvalue weighted by Gasteiger charge is 2.35. The first kappa shape index (κ1) is 12.1. The summed E-state index contributed by atoms with van der Waals surface area (Å²) >= 11 is 0. The first-order valence-electron chi connectivity index (χ1n) is 6.56. The van der Waals surface area contributed by atoms with Crippen LogP contribution in [-0.2, 0) is 4.79 Å². The number of fused-ring (bicyclic) bond motifs is 1. The van der Waals surface area contributed by atoms with Gasteiger partial charge in [-0.1, -0.05) is 0 Å². The number of aromatic amines is 1. The number of nitrogens with one attached hydrogen (secondary N) is 1. The summed E-state index contributed by atoms with van der Waals surface area (Å²) < 4.78 is 5.46. The second kappa shape index (κ2) is 4.61. The zero-order valence-corrected chi connectivity index (χ0v) is 10.8. The number of rotatable bonds is 5. The van der Waals surface area contributed by atoms with Gasteiger partial charge in [0.2, 0.25) is 0 Å². The van der Waals surface area contributed by atoms with Gasteiger partial charge >= 0.3 is 5.97 Å². The molecule has 0 amide bonds. The molecule has 1 saturated carbocycles. The van der Waals surface area contributed by atoms with Gasteiger partial charge in [-0.3, -0.25) is 4.79 Å². The first-order valence-corrected chi connectivity index (χ1v) is 6.56. The molecule has 2 N–H and O–H groups in total. The highest BCUT2D eigenvalue weighted by molar-refractivity contribution is 5.82. The number of hydrogen-bond acceptors (Lipinski definition) is 2. The van der Waals surface area contributed by atoms with E-state index in [1.165, 1.54) is 0 Å². The Morgan fingerprint density at radius 3 is 2.95 bits per heavy atom. The third-order valence-corrected chi connectivity index (χ3v) is 3.89. The monoisotopic (exact) mass is 259 g/mol. The number of methoxy groups -OCH3 is 1. The van der Waals surface area contributed by atoms with Crippen molar-refractivity contribution in [3.8, 4) is 5.75 Å². The molecule has 1 fully saturated rings. The molecule has 0 saturated heterocycles. The Morgan fingerprint density at radius 1 is 1.53 bits per heavy atom. The van der Waals surface area contributed by atoms with Gasteiger partial charge in [0.15, 0.2) is 0 Å². The van der Waals surface area contributed by atoms with Crippen LogP contribution in [0.25, 0.3) is 10.9 Å². The van der Waals surface area contributed by atoms with Gasteiger partial charge in [0.05, 0.1) is 13.5 Å². The van der Waals surface area contributed by atoms with Crippen LogP contribution in [-0.4, -0.2) is 23.2 Å². The van der Waals surface area contributed by atoms with E-state index in [1.807, 2.05) is 24.4 Å². The third-order valence-electron chi connectivity index (χ3n) is 3.89. The maximum atomic E-state index is 11.1. The van der Waals surface area contributed by atoms with Gasteiger partial charge in [-0.15, -0.1) is 0 Å². The van der Waals surface area contributed by atoms with Crippen molar-refractivity contribution in [1.82, 2.24) is 4.98 Å². The second-order valence-electron chi connectivity index (χ2n) is 5.20. The molecular weight excluding hydrogens is 242 g/mol. The Balaban J connectivity index is 2.06. The molecule has 19 heavy (non-hydrogen) atoms. The Morgan fingerprint density at radius 2 is 2.32 bits per heavy atom. The van der Waals surface area contributed by atoms with Crippen molar-refractivity contribution in [2.75, 3.05) is 7.11 Å². The van der Waals surface area contributed by atoms with Gasteiger partial charge in [0.25, 0.3) is 0 Å². The maximum absolute atomic E-state index is 11.1. The Hall–Kier alpha value is -1.97. The van der Waals surface area contributed by atoms with Crippen molar-refractivity contribution >= 4 is 16.9 Å². The average Bonchev–Trinajstić information content (AvgIpc) is 3.12. The maximum Gasteiger partial charge on any atom is 0.303 e. The molecule has 0 radical (unpaired) electrons. The summed E-state index contributed by atoms with van der Waals surface area (Å²) in [6.07, 6.45) is 4.29. The summed E-state index contributed by atoms with van der Waals surface area (Å²) in [5, 5.41) is 10.2. The quantitative estimate of drug-likeness (QED) is 0.867. The van der Waals surface area contributed by atoms with E-state index in [9.17, 15) is 4.79 Å². The third kappa shape index (κ3) is 2.30. The minimum Gasteiger partial charge on any atom is -0.496 e. The molecular formula is C15H17NO3. The van der Waals surface area contributed by atoms with Crippen LogP contribution in [0.2, 0.25) is 0 Å². The van der Waals surface area contributed by atoms with E-state index < -0.39 is 5.97 Å². The lowest BCUT2D eigenvalue weighted by Gasteiger charge is -2.18. The molecule has 0 bridgehead atoms. The molecule has 100 valence electrons. The smallest absolute Gasteiger partial charge is 0.303 e. The number of ether oxygens (including phenoxy) is 1. The van der Waals surface area contributed by atoms with Crippen LogP contribution in [0.15, 0.2) is 24.4 Å². The predicted molar refractivity (Wildman–Crippen MR) is 72.6 cm³/mol. The molecule has 0 spiro atoms. The van der Waals surface area contributed by atoms with Crippen molar-refractivity contribution in [1.29, 1.82) is 0 Å². The molecule has 1 unspecified atom stereocenters. The lowest BCUT2D eigenvalue weighted by Crippen LogP contribution is -2.09. The zero-order chi connectivity index (χ0) is 13.4. The molecule has 4 nitrogen and oxygen atoms in total. The molecule has 1 atom stereocenters. The average molecular weight is 259 g/mol. The van der Waals surface area contributed by atoms with Crippen LogP contribution in [0.5, 0.6) is 5.75 Å². The zero-order valence-electron chi connectivity index (χ0n) is 10.8. The molecule has 1 heterocycles. The van der Waals surface area contributed by atoms with Gasteiger partial charge in [0, 0.05) is 28.6 Å². The lowest BCUT2D eigenvalue weighted by atomic mass is 9.89. The summed E-state index contributed by atoms with van der Waals surface area (Å²) in [4.78, 5) is 14.3. The minimum absolute atomic E-state index is 0.0557. The topological polar surface area (TPSA) is 62.3 Å². The van der Waals surface area contributed by atoms with Gasteiger partial charge in [-0.25, -0.2) is 0 Å². The molecule has 3 rings (SSSR count). The largest absolute Gasteiger partial charge is 0.496 e. The number of aliphatic carboxylic acids is 1. The number of carboxylic acid groups (broad SMARTS) is 1. The highest BCUT2D eigenvalue weighted by atomic mass is 16.5. The van der Waals surface area contributed by atoms with Gasteiger partial charge in [-0.05, 0) is 37.0 Å². The van der Waals surface area contributed by atoms with E-state index in [4.69, 9.17) is 9.84 Å². The second-order valence-corrected chi connectivity index (χ2v) is 5.20. The van der Waals surface area contributed by atoms with Gasteiger partial charge in [0.1, 0.15) is 5.75 Å². The fourth-order valence-corrected chi connectivity index (χ4v) is 2.78. The number of carbonyl (C=O) groups is 1. The van der Waals surface area contributed by atoms with Crippen LogP contribution in [0, 0.1) is 5.92 Å². The molecule has 0 aliphatic heterocycles. The SMILES string of the molecule is COc1cc2cc[nH]c2cc1C(CC(=O)O)C1CC1. The van der Waals surface area contributed by atoms with Crippen molar-refractivity contribution in [3.63, 3.8) is 0 Å². The van der Waals surface area contributed by atoms with E-state index in [1.54, 1.807) is 7.11 Å². The van der Waals surface area contributed by atoms with E-state index in [-0.39, 0.29) is 12.3 Å². The number of carboxylic acids is 1. The van der Waals surface area contributed by atoms with Crippen LogP contribution in [0.1, 0.15) is 30.7 Å². The van der Waals surface area contributed by atoms with Crippen molar-refractivity contribution < 1.29 is 14.6 Å². The molecule has 1 aromatic carbocycles. The summed E-state index contributed by atoms with van der Waals surface area (Å²) in [5.41, 5.74) is 2.05. The van der Waals surface area contributed by atoms with Crippen LogP contribution >= 0.6 is 0 Å².